The summed E-state index contributed by atoms with van der Waals surface area (Å²) in [5, 5.41) is 4.81. The van der Waals surface area contributed by atoms with Crippen LogP contribution >= 0.6 is 0 Å². The highest BCUT2D eigenvalue weighted by atomic mass is 19.1. The Bertz CT molecular complexity index is 1270. The third-order valence-corrected chi connectivity index (χ3v) is 6.62. The Labute approximate surface area is 185 Å². The Kier molecular flexibility index (Phi) is 5.55. The molecule has 7 heteroatoms. The van der Waals surface area contributed by atoms with Crippen LogP contribution in [0.2, 0.25) is 0 Å². The quantitative estimate of drug-likeness (QED) is 0.472. The van der Waals surface area contributed by atoms with Gasteiger partial charge in [0, 0.05) is 23.4 Å². The van der Waals surface area contributed by atoms with Crippen LogP contribution in [0.1, 0.15) is 50.0 Å². The number of hydrogen-bond acceptors (Lipinski definition) is 4. The first kappa shape index (κ1) is 20.5. The molecule has 3 aromatic heterocycles. The standard InChI is InChI=1S/C25H26FN5O/c1-16-13-17(14-20-6-2-3-12-27-20)5-4-7-21(16)23-29-25(32)22-15-28-24(31(22)30-23)18-8-10-19(26)11-9-18/h2-3,6,8-12,15-17,21H,4-5,7,13-14H2,1H3,(H,29,30,32). The Morgan fingerprint density at radius 2 is 1.97 bits per heavy atom. The molecule has 5 rings (SSSR count). The molecule has 3 atom stereocenters. The largest absolute Gasteiger partial charge is 0.307 e. The Balaban J connectivity index is 1.44. The lowest BCUT2D eigenvalue weighted by atomic mass is 9.85. The lowest BCUT2D eigenvalue weighted by Gasteiger charge is -2.22. The van der Waals surface area contributed by atoms with E-state index in [1.165, 1.54) is 18.3 Å². The highest BCUT2D eigenvalue weighted by molar-refractivity contribution is 5.60. The van der Waals surface area contributed by atoms with Crippen molar-refractivity contribution in [2.75, 3.05) is 0 Å². The van der Waals surface area contributed by atoms with Crippen LogP contribution in [0.25, 0.3) is 16.9 Å². The fourth-order valence-electron chi connectivity index (χ4n) is 5.00. The molecule has 1 saturated carbocycles. The molecule has 1 N–H and O–H groups in total. The number of rotatable bonds is 4. The molecule has 0 bridgehead atoms. The maximum Gasteiger partial charge on any atom is 0.276 e. The van der Waals surface area contributed by atoms with Gasteiger partial charge in [-0.2, -0.15) is 5.10 Å². The minimum atomic E-state index is -0.311. The van der Waals surface area contributed by atoms with Crippen LogP contribution < -0.4 is 5.56 Å². The molecule has 1 aromatic carbocycles. The maximum absolute atomic E-state index is 13.4. The van der Waals surface area contributed by atoms with Gasteiger partial charge < -0.3 is 4.98 Å². The lowest BCUT2D eigenvalue weighted by molar-refractivity contribution is 0.357. The SMILES string of the molecule is CC1CC(Cc2ccccn2)CCCC1c1nn2c(-c3ccc(F)cc3)ncc2c(=O)[nH]1. The summed E-state index contributed by atoms with van der Waals surface area (Å²) in [6, 6.07) is 12.2. The zero-order chi connectivity index (χ0) is 22.1. The van der Waals surface area contributed by atoms with Crippen molar-refractivity contribution in [3.8, 4) is 11.4 Å². The lowest BCUT2D eigenvalue weighted by Crippen LogP contribution is -2.22. The van der Waals surface area contributed by atoms with E-state index in [4.69, 9.17) is 5.10 Å². The molecule has 1 fully saturated rings. The molecule has 1 aliphatic rings. The molecule has 3 unspecified atom stereocenters. The normalized spacial score (nSPS) is 21.5. The van der Waals surface area contributed by atoms with Gasteiger partial charge in [-0.3, -0.25) is 9.78 Å². The molecule has 32 heavy (non-hydrogen) atoms. The number of pyridine rings is 1. The van der Waals surface area contributed by atoms with Crippen molar-refractivity contribution in [3.63, 3.8) is 0 Å². The smallest absolute Gasteiger partial charge is 0.276 e. The summed E-state index contributed by atoms with van der Waals surface area (Å²) in [5.41, 5.74) is 2.05. The summed E-state index contributed by atoms with van der Waals surface area (Å²) in [6.45, 7) is 2.25. The van der Waals surface area contributed by atoms with Gasteiger partial charge in [0.2, 0.25) is 0 Å². The molecule has 0 aliphatic heterocycles. The number of hydrogen-bond donors (Lipinski definition) is 1. The van der Waals surface area contributed by atoms with Gasteiger partial charge in [-0.1, -0.05) is 25.8 Å². The van der Waals surface area contributed by atoms with Gasteiger partial charge in [-0.25, -0.2) is 13.9 Å². The van der Waals surface area contributed by atoms with Crippen LogP contribution in [0, 0.1) is 17.7 Å². The first-order valence-electron chi connectivity index (χ1n) is 11.2. The summed E-state index contributed by atoms with van der Waals surface area (Å²) in [5.74, 6) is 2.06. The molecule has 1 aliphatic carbocycles. The minimum absolute atomic E-state index is 0.171. The number of H-pyrrole nitrogens is 1. The predicted molar refractivity (Wildman–Crippen MR) is 121 cm³/mol. The summed E-state index contributed by atoms with van der Waals surface area (Å²) in [4.78, 5) is 24.7. The van der Waals surface area contributed by atoms with E-state index >= 15 is 0 Å². The van der Waals surface area contributed by atoms with E-state index in [-0.39, 0.29) is 17.3 Å². The van der Waals surface area contributed by atoms with Gasteiger partial charge in [-0.05, 0) is 67.5 Å². The maximum atomic E-state index is 13.4. The van der Waals surface area contributed by atoms with Crippen LogP contribution in [0.4, 0.5) is 4.39 Å². The van der Waals surface area contributed by atoms with Crippen LogP contribution in [-0.4, -0.2) is 24.6 Å². The summed E-state index contributed by atoms with van der Waals surface area (Å²) in [6.07, 6.45) is 8.64. The molecule has 3 heterocycles. The van der Waals surface area contributed by atoms with E-state index in [0.717, 1.165) is 43.4 Å². The summed E-state index contributed by atoms with van der Waals surface area (Å²) in [7, 11) is 0. The average molecular weight is 432 g/mol. The van der Waals surface area contributed by atoms with Crippen LogP contribution in [-0.2, 0) is 6.42 Å². The van der Waals surface area contributed by atoms with Gasteiger partial charge >= 0.3 is 0 Å². The van der Waals surface area contributed by atoms with E-state index in [9.17, 15) is 9.18 Å². The van der Waals surface area contributed by atoms with Crippen molar-refractivity contribution in [2.24, 2.45) is 11.8 Å². The zero-order valence-corrected chi connectivity index (χ0v) is 18.0. The fraction of sp³-hybridized carbons (Fsp3) is 0.360. The second-order valence-corrected chi connectivity index (χ2v) is 8.87. The molecule has 0 radical (unpaired) electrons. The van der Waals surface area contributed by atoms with Crippen molar-refractivity contribution < 1.29 is 4.39 Å². The van der Waals surface area contributed by atoms with E-state index in [0.29, 0.717) is 29.0 Å². The molecule has 0 spiro atoms. The van der Waals surface area contributed by atoms with Gasteiger partial charge in [0.25, 0.3) is 5.56 Å². The molecular weight excluding hydrogens is 405 g/mol. The van der Waals surface area contributed by atoms with Gasteiger partial charge in [-0.15, -0.1) is 0 Å². The van der Waals surface area contributed by atoms with Crippen LogP contribution in [0.3, 0.4) is 0 Å². The first-order valence-corrected chi connectivity index (χ1v) is 11.2. The summed E-state index contributed by atoms with van der Waals surface area (Å²) < 4.78 is 15.0. The number of fused-ring (bicyclic) bond motifs is 1. The summed E-state index contributed by atoms with van der Waals surface area (Å²) >= 11 is 0. The van der Waals surface area contributed by atoms with E-state index in [2.05, 4.69) is 27.9 Å². The van der Waals surface area contributed by atoms with Gasteiger partial charge in [0.05, 0.1) is 6.20 Å². The van der Waals surface area contributed by atoms with Crippen LogP contribution in [0.5, 0.6) is 0 Å². The predicted octanol–water partition coefficient (Wildman–Crippen LogP) is 4.77. The molecule has 6 nitrogen and oxygen atoms in total. The van der Waals surface area contributed by atoms with Crippen LogP contribution in [0.15, 0.2) is 59.7 Å². The second-order valence-electron chi connectivity index (χ2n) is 8.87. The number of aromatic amines is 1. The number of benzene rings is 1. The highest BCUT2D eigenvalue weighted by Crippen LogP contribution is 2.38. The number of imidazole rings is 1. The van der Waals surface area contributed by atoms with E-state index in [1.807, 2.05) is 18.3 Å². The Morgan fingerprint density at radius 1 is 1.12 bits per heavy atom. The fourth-order valence-corrected chi connectivity index (χ4v) is 5.00. The van der Waals surface area contributed by atoms with E-state index in [1.54, 1.807) is 16.6 Å². The average Bonchev–Trinajstić information content (AvgIpc) is 3.13. The van der Waals surface area contributed by atoms with Gasteiger partial charge in [0.1, 0.15) is 11.6 Å². The molecule has 164 valence electrons. The topological polar surface area (TPSA) is 75.9 Å². The highest BCUT2D eigenvalue weighted by Gasteiger charge is 2.29. The monoisotopic (exact) mass is 431 g/mol. The van der Waals surface area contributed by atoms with Crippen molar-refractivity contribution >= 4 is 5.52 Å². The number of aromatic nitrogens is 5. The third kappa shape index (κ3) is 4.07. The number of halogens is 1. The van der Waals surface area contributed by atoms with Crippen molar-refractivity contribution in [1.29, 1.82) is 0 Å². The number of nitrogens with one attached hydrogen (secondary N) is 1. The van der Waals surface area contributed by atoms with Crippen molar-refractivity contribution in [2.45, 2.75) is 44.9 Å². The number of nitrogens with zero attached hydrogens (tertiary/aromatic N) is 4. The van der Waals surface area contributed by atoms with E-state index < -0.39 is 0 Å². The van der Waals surface area contributed by atoms with Crippen molar-refractivity contribution in [3.05, 3.63) is 82.5 Å². The Morgan fingerprint density at radius 3 is 2.75 bits per heavy atom. The molecule has 0 saturated heterocycles. The molecular formula is C25H26FN5O. The minimum Gasteiger partial charge on any atom is -0.307 e. The first-order chi connectivity index (χ1) is 15.6. The van der Waals surface area contributed by atoms with Crippen molar-refractivity contribution in [1.82, 2.24) is 24.6 Å². The molecule has 0 amide bonds. The third-order valence-electron chi connectivity index (χ3n) is 6.62. The van der Waals surface area contributed by atoms with Gasteiger partial charge in [0.15, 0.2) is 11.3 Å². The second kappa shape index (κ2) is 8.65. The Hall–Kier alpha value is -3.35. The molecule has 4 aromatic rings. The zero-order valence-electron chi connectivity index (χ0n) is 18.0.